The summed E-state index contributed by atoms with van der Waals surface area (Å²) >= 11 is 0. The van der Waals surface area contributed by atoms with Crippen molar-refractivity contribution in [2.45, 2.75) is 6.92 Å². The highest BCUT2D eigenvalue weighted by Gasteiger charge is 2.12. The number of fused-ring (bicyclic) bond motifs is 1. The van der Waals surface area contributed by atoms with Crippen molar-refractivity contribution in [1.29, 1.82) is 0 Å². The summed E-state index contributed by atoms with van der Waals surface area (Å²) in [5, 5.41) is 7.90. The van der Waals surface area contributed by atoms with Gasteiger partial charge in [0, 0.05) is 49.6 Å². The van der Waals surface area contributed by atoms with Crippen LogP contribution in [0.3, 0.4) is 0 Å². The first-order chi connectivity index (χ1) is 13.3. The minimum atomic E-state index is 0.649. The highest BCUT2D eigenvalue weighted by atomic mass is 16.5. The molecule has 0 unspecified atom stereocenters. The molecule has 3 aromatic rings. The molecule has 1 saturated heterocycles. The summed E-state index contributed by atoms with van der Waals surface area (Å²) in [5.41, 5.74) is 3.31. The van der Waals surface area contributed by atoms with Gasteiger partial charge in [-0.15, -0.1) is 0 Å². The first kappa shape index (κ1) is 17.5. The third kappa shape index (κ3) is 4.25. The number of hydrogen-bond donors (Lipinski definition) is 2. The summed E-state index contributed by atoms with van der Waals surface area (Å²) in [5.74, 6) is 1.59. The van der Waals surface area contributed by atoms with E-state index in [1.165, 1.54) is 5.56 Å². The molecule has 7 nitrogen and oxygen atoms in total. The Bertz CT molecular complexity index is 910. The molecular formula is C20H24N6O. The fourth-order valence-corrected chi connectivity index (χ4v) is 3.19. The van der Waals surface area contributed by atoms with Crippen LogP contribution in [0.4, 0.5) is 17.5 Å². The lowest BCUT2D eigenvalue weighted by Gasteiger charge is -2.27. The van der Waals surface area contributed by atoms with Crippen molar-refractivity contribution < 1.29 is 4.74 Å². The molecule has 7 heteroatoms. The number of aryl methyl sites for hydroxylation is 1. The topological polar surface area (TPSA) is 75.2 Å². The van der Waals surface area contributed by atoms with E-state index in [1.807, 2.05) is 18.3 Å². The van der Waals surface area contributed by atoms with Crippen LogP contribution in [0.2, 0.25) is 0 Å². The van der Waals surface area contributed by atoms with Crippen molar-refractivity contribution in [2.75, 3.05) is 54.9 Å². The second-order valence-electron chi connectivity index (χ2n) is 6.57. The molecule has 2 N–H and O–H groups in total. The van der Waals surface area contributed by atoms with Gasteiger partial charge < -0.3 is 20.3 Å². The predicted octanol–water partition coefficient (Wildman–Crippen LogP) is 2.69. The van der Waals surface area contributed by atoms with Crippen LogP contribution in [-0.2, 0) is 4.74 Å². The lowest BCUT2D eigenvalue weighted by molar-refractivity contribution is 0.122. The summed E-state index contributed by atoms with van der Waals surface area (Å²) in [6.07, 6.45) is 3.64. The second kappa shape index (κ2) is 8.18. The van der Waals surface area contributed by atoms with E-state index in [0.29, 0.717) is 5.95 Å². The van der Waals surface area contributed by atoms with E-state index in [1.54, 1.807) is 6.20 Å². The summed E-state index contributed by atoms with van der Waals surface area (Å²) < 4.78 is 5.40. The molecule has 140 valence electrons. The SMILES string of the molecule is Cc1ccc2c(NCCNc3nccc(N4CCOCC4)n3)ccnc2c1. The Balaban J connectivity index is 1.34. The van der Waals surface area contributed by atoms with E-state index in [0.717, 1.165) is 61.8 Å². The van der Waals surface area contributed by atoms with Gasteiger partial charge in [-0.3, -0.25) is 4.98 Å². The van der Waals surface area contributed by atoms with Crippen LogP contribution >= 0.6 is 0 Å². The van der Waals surface area contributed by atoms with Crippen molar-refractivity contribution >= 4 is 28.4 Å². The molecule has 1 aliphatic rings. The summed E-state index contributed by atoms with van der Waals surface area (Å²) in [7, 11) is 0. The van der Waals surface area contributed by atoms with Gasteiger partial charge in [0.15, 0.2) is 0 Å². The Morgan fingerprint density at radius 3 is 2.70 bits per heavy atom. The first-order valence-corrected chi connectivity index (χ1v) is 9.28. The Kier molecular flexibility index (Phi) is 5.29. The molecule has 0 atom stereocenters. The van der Waals surface area contributed by atoms with Crippen molar-refractivity contribution in [3.05, 3.63) is 48.3 Å². The fraction of sp³-hybridized carbons (Fsp3) is 0.350. The number of nitrogens with zero attached hydrogens (tertiary/aromatic N) is 4. The molecule has 0 saturated carbocycles. The van der Waals surface area contributed by atoms with Crippen LogP contribution < -0.4 is 15.5 Å². The monoisotopic (exact) mass is 364 g/mol. The minimum absolute atomic E-state index is 0.649. The van der Waals surface area contributed by atoms with Gasteiger partial charge in [-0.1, -0.05) is 12.1 Å². The number of ether oxygens (including phenoxy) is 1. The molecule has 0 spiro atoms. The van der Waals surface area contributed by atoms with Gasteiger partial charge in [0.25, 0.3) is 0 Å². The van der Waals surface area contributed by atoms with Gasteiger partial charge in [-0.05, 0) is 30.7 Å². The molecule has 1 aliphatic heterocycles. The largest absolute Gasteiger partial charge is 0.383 e. The van der Waals surface area contributed by atoms with E-state index >= 15 is 0 Å². The van der Waals surface area contributed by atoms with Gasteiger partial charge in [0.05, 0.1) is 18.7 Å². The first-order valence-electron chi connectivity index (χ1n) is 9.28. The van der Waals surface area contributed by atoms with Gasteiger partial charge in [-0.2, -0.15) is 4.98 Å². The van der Waals surface area contributed by atoms with Crippen molar-refractivity contribution in [3.63, 3.8) is 0 Å². The molecule has 1 fully saturated rings. The normalized spacial score (nSPS) is 14.3. The van der Waals surface area contributed by atoms with E-state index in [2.05, 4.69) is 55.6 Å². The standard InChI is InChI=1S/C20H24N6O/c1-15-2-3-16-17(4-6-21-18(16)14-15)22-8-9-24-20-23-7-5-19(25-20)26-10-12-27-13-11-26/h2-7,14H,8-13H2,1H3,(H,21,22)(H,23,24,25). The van der Waals surface area contributed by atoms with Crippen LogP contribution in [0.25, 0.3) is 10.9 Å². The summed E-state index contributed by atoms with van der Waals surface area (Å²) in [6.45, 7) is 6.79. The Morgan fingerprint density at radius 1 is 1.00 bits per heavy atom. The quantitative estimate of drug-likeness (QED) is 0.651. The number of hydrogen-bond acceptors (Lipinski definition) is 7. The van der Waals surface area contributed by atoms with E-state index in [9.17, 15) is 0 Å². The number of rotatable bonds is 6. The maximum absolute atomic E-state index is 5.40. The van der Waals surface area contributed by atoms with Crippen molar-refractivity contribution in [1.82, 2.24) is 15.0 Å². The lowest BCUT2D eigenvalue weighted by Crippen LogP contribution is -2.36. The molecule has 0 radical (unpaired) electrons. The van der Waals surface area contributed by atoms with Gasteiger partial charge >= 0.3 is 0 Å². The molecule has 4 rings (SSSR count). The number of benzene rings is 1. The average Bonchev–Trinajstić information content (AvgIpc) is 2.72. The van der Waals surface area contributed by atoms with Crippen LogP contribution in [0.5, 0.6) is 0 Å². The molecule has 1 aromatic carbocycles. The number of morpholine rings is 1. The zero-order valence-electron chi connectivity index (χ0n) is 15.5. The van der Waals surface area contributed by atoms with Crippen LogP contribution in [0, 0.1) is 6.92 Å². The summed E-state index contributed by atoms with van der Waals surface area (Å²) in [4.78, 5) is 15.6. The molecule has 27 heavy (non-hydrogen) atoms. The summed E-state index contributed by atoms with van der Waals surface area (Å²) in [6, 6.07) is 10.3. The van der Waals surface area contributed by atoms with Crippen LogP contribution in [-0.4, -0.2) is 54.3 Å². The average molecular weight is 364 g/mol. The lowest BCUT2D eigenvalue weighted by atomic mass is 10.1. The van der Waals surface area contributed by atoms with Crippen molar-refractivity contribution in [2.24, 2.45) is 0 Å². The van der Waals surface area contributed by atoms with E-state index in [4.69, 9.17) is 4.74 Å². The van der Waals surface area contributed by atoms with E-state index < -0.39 is 0 Å². The smallest absolute Gasteiger partial charge is 0.224 e. The fourth-order valence-electron chi connectivity index (χ4n) is 3.19. The molecule has 0 aliphatic carbocycles. The predicted molar refractivity (Wildman–Crippen MR) is 109 cm³/mol. The minimum Gasteiger partial charge on any atom is -0.383 e. The third-order valence-electron chi connectivity index (χ3n) is 4.60. The van der Waals surface area contributed by atoms with Crippen LogP contribution in [0.15, 0.2) is 42.7 Å². The number of nitrogens with one attached hydrogen (secondary N) is 2. The van der Waals surface area contributed by atoms with E-state index in [-0.39, 0.29) is 0 Å². The Labute approximate surface area is 158 Å². The second-order valence-corrected chi connectivity index (χ2v) is 6.57. The van der Waals surface area contributed by atoms with Gasteiger partial charge in [0.1, 0.15) is 5.82 Å². The molecule has 2 aromatic heterocycles. The molecule has 0 bridgehead atoms. The van der Waals surface area contributed by atoms with Crippen molar-refractivity contribution in [3.8, 4) is 0 Å². The number of pyridine rings is 1. The molecule has 3 heterocycles. The maximum atomic E-state index is 5.40. The highest BCUT2D eigenvalue weighted by Crippen LogP contribution is 2.22. The molecule has 0 amide bonds. The van der Waals surface area contributed by atoms with Crippen LogP contribution in [0.1, 0.15) is 5.56 Å². The maximum Gasteiger partial charge on any atom is 0.224 e. The number of aromatic nitrogens is 3. The third-order valence-corrected chi connectivity index (χ3v) is 4.60. The highest BCUT2D eigenvalue weighted by molar-refractivity contribution is 5.91. The Hall–Kier alpha value is -2.93. The Morgan fingerprint density at radius 2 is 1.81 bits per heavy atom. The molecular weight excluding hydrogens is 340 g/mol. The number of anilines is 3. The van der Waals surface area contributed by atoms with Gasteiger partial charge in [0.2, 0.25) is 5.95 Å². The van der Waals surface area contributed by atoms with Gasteiger partial charge in [-0.25, -0.2) is 4.98 Å². The zero-order valence-corrected chi connectivity index (χ0v) is 15.5. The zero-order chi connectivity index (χ0) is 18.5.